The Bertz CT molecular complexity index is 931. The number of nitrogens with zero attached hydrogens (tertiary/aromatic N) is 2. The van der Waals surface area contributed by atoms with Crippen LogP contribution in [0.15, 0.2) is 18.2 Å². The second-order valence-corrected chi connectivity index (χ2v) is 9.63. The van der Waals surface area contributed by atoms with Gasteiger partial charge >= 0.3 is 0 Å². The predicted octanol–water partition coefficient (Wildman–Crippen LogP) is -0.472. The Morgan fingerprint density at radius 3 is 2.48 bits per heavy atom. The molecule has 0 spiro atoms. The van der Waals surface area contributed by atoms with Gasteiger partial charge in [-0.1, -0.05) is 23.8 Å². The monoisotopic (exact) mass is 424 g/mol. The maximum absolute atomic E-state index is 12.7. The van der Waals surface area contributed by atoms with Gasteiger partial charge in [0, 0.05) is 20.1 Å². The molecular weight excluding hydrogens is 396 g/mol. The van der Waals surface area contributed by atoms with Crippen molar-refractivity contribution in [1.29, 1.82) is 0 Å². The standard InChI is InChI=1S/C19H28N4O5S/c1-13-6-7-14(2)15(8-13)9-20-16(24)10-21-18(26)19(3)12-23(29(5,27)28)11-17(25)22(19)4/h6-8H,9-12H2,1-5H3,(H,20,24)(H,21,26)/t19-/m0/s1. The number of nitrogens with one attached hydrogen (secondary N) is 2. The van der Waals surface area contributed by atoms with Crippen molar-refractivity contribution in [2.24, 2.45) is 0 Å². The normalized spacial score (nSPS) is 20.4. The van der Waals surface area contributed by atoms with Gasteiger partial charge in [0.05, 0.1) is 19.3 Å². The van der Waals surface area contributed by atoms with Crippen LogP contribution in [0.5, 0.6) is 0 Å². The average Bonchev–Trinajstić information content (AvgIpc) is 2.63. The summed E-state index contributed by atoms with van der Waals surface area (Å²) in [5.74, 6) is -1.46. The molecule has 0 aromatic heterocycles. The first kappa shape index (κ1) is 22.8. The number of carbonyl (C=O) groups is 3. The third-order valence-corrected chi connectivity index (χ3v) is 6.45. The Balaban J connectivity index is 1.98. The molecule has 160 valence electrons. The zero-order valence-corrected chi connectivity index (χ0v) is 18.2. The molecule has 1 heterocycles. The Morgan fingerprint density at radius 1 is 1.21 bits per heavy atom. The molecule has 10 heteroatoms. The molecule has 0 aliphatic carbocycles. The summed E-state index contributed by atoms with van der Waals surface area (Å²) in [5.41, 5.74) is 1.71. The number of amides is 3. The van der Waals surface area contributed by atoms with Crippen molar-refractivity contribution >= 4 is 27.7 Å². The summed E-state index contributed by atoms with van der Waals surface area (Å²) >= 11 is 0. The number of benzene rings is 1. The maximum Gasteiger partial charge on any atom is 0.247 e. The quantitative estimate of drug-likeness (QED) is 0.640. The van der Waals surface area contributed by atoms with Crippen molar-refractivity contribution in [3.05, 3.63) is 34.9 Å². The zero-order valence-electron chi connectivity index (χ0n) is 17.4. The van der Waals surface area contributed by atoms with Crippen LogP contribution < -0.4 is 10.6 Å². The van der Waals surface area contributed by atoms with E-state index in [4.69, 9.17) is 0 Å². The van der Waals surface area contributed by atoms with E-state index in [2.05, 4.69) is 10.6 Å². The minimum Gasteiger partial charge on any atom is -0.350 e. The largest absolute Gasteiger partial charge is 0.350 e. The summed E-state index contributed by atoms with van der Waals surface area (Å²) in [6, 6.07) is 5.95. The lowest BCUT2D eigenvalue weighted by Crippen LogP contribution is -2.68. The molecule has 9 nitrogen and oxygen atoms in total. The molecule has 1 aromatic rings. The molecule has 0 radical (unpaired) electrons. The lowest BCUT2D eigenvalue weighted by molar-refractivity contribution is -0.150. The van der Waals surface area contributed by atoms with Gasteiger partial charge in [-0.05, 0) is 31.9 Å². The van der Waals surface area contributed by atoms with Gasteiger partial charge in [-0.25, -0.2) is 8.42 Å². The molecule has 2 rings (SSSR count). The first-order valence-corrected chi connectivity index (χ1v) is 11.0. The van der Waals surface area contributed by atoms with Crippen LogP contribution in [0.1, 0.15) is 23.6 Å². The van der Waals surface area contributed by atoms with E-state index in [0.717, 1.165) is 27.3 Å². The summed E-state index contributed by atoms with van der Waals surface area (Å²) in [6.45, 7) is 4.96. The summed E-state index contributed by atoms with van der Waals surface area (Å²) in [6.07, 6.45) is 0.991. The van der Waals surface area contributed by atoms with Crippen molar-refractivity contribution in [1.82, 2.24) is 19.8 Å². The molecule has 3 amide bonds. The first-order chi connectivity index (χ1) is 13.3. The summed E-state index contributed by atoms with van der Waals surface area (Å²) < 4.78 is 24.7. The van der Waals surface area contributed by atoms with Crippen LogP contribution in [0.2, 0.25) is 0 Å². The van der Waals surface area contributed by atoms with Crippen LogP contribution in [-0.2, 0) is 31.0 Å². The molecule has 1 aliphatic heterocycles. The topological polar surface area (TPSA) is 116 Å². The molecule has 1 fully saturated rings. The van der Waals surface area contributed by atoms with Gasteiger partial charge in [-0.15, -0.1) is 0 Å². The highest BCUT2D eigenvalue weighted by Crippen LogP contribution is 2.22. The molecule has 0 unspecified atom stereocenters. The lowest BCUT2D eigenvalue weighted by atomic mass is 9.96. The zero-order chi connectivity index (χ0) is 22.0. The van der Waals surface area contributed by atoms with Gasteiger partial charge in [0.25, 0.3) is 0 Å². The SMILES string of the molecule is Cc1ccc(C)c(CNC(=O)CNC(=O)[C@]2(C)CN(S(C)(=O)=O)CC(=O)N2C)c1. The molecule has 1 aromatic carbocycles. The van der Waals surface area contributed by atoms with Gasteiger partial charge in [-0.2, -0.15) is 4.31 Å². The van der Waals surface area contributed by atoms with Crippen molar-refractivity contribution in [3.8, 4) is 0 Å². The molecule has 29 heavy (non-hydrogen) atoms. The highest BCUT2D eigenvalue weighted by Gasteiger charge is 2.47. The van der Waals surface area contributed by atoms with Gasteiger partial charge in [0.2, 0.25) is 27.7 Å². The summed E-state index contributed by atoms with van der Waals surface area (Å²) in [5, 5.41) is 5.26. The van der Waals surface area contributed by atoms with Crippen LogP contribution in [-0.4, -0.2) is 73.8 Å². The van der Waals surface area contributed by atoms with Gasteiger partial charge in [-0.3, -0.25) is 14.4 Å². The van der Waals surface area contributed by atoms with Gasteiger partial charge in [0.15, 0.2) is 0 Å². The first-order valence-electron chi connectivity index (χ1n) is 9.17. The van der Waals surface area contributed by atoms with E-state index < -0.39 is 27.4 Å². The number of rotatable bonds is 6. The van der Waals surface area contributed by atoms with Crippen LogP contribution in [0.4, 0.5) is 0 Å². The second-order valence-electron chi connectivity index (χ2n) is 7.65. The van der Waals surface area contributed by atoms with Crippen molar-refractivity contribution in [2.75, 3.05) is 32.9 Å². The Hall–Kier alpha value is -2.46. The highest BCUT2D eigenvalue weighted by molar-refractivity contribution is 7.88. The highest BCUT2D eigenvalue weighted by atomic mass is 32.2. The lowest BCUT2D eigenvalue weighted by Gasteiger charge is -2.44. The minimum atomic E-state index is -3.64. The van der Waals surface area contributed by atoms with E-state index in [9.17, 15) is 22.8 Å². The molecule has 0 bridgehead atoms. The van der Waals surface area contributed by atoms with Crippen LogP contribution in [0.25, 0.3) is 0 Å². The van der Waals surface area contributed by atoms with E-state index in [1.807, 2.05) is 32.0 Å². The Labute approximate surface area is 171 Å². The van der Waals surface area contributed by atoms with E-state index >= 15 is 0 Å². The second kappa shape index (κ2) is 8.50. The third-order valence-electron chi connectivity index (χ3n) is 5.26. The summed E-state index contributed by atoms with van der Waals surface area (Å²) in [4.78, 5) is 38.3. The molecule has 0 saturated carbocycles. The fourth-order valence-electron chi connectivity index (χ4n) is 3.09. The number of hydrogen-bond acceptors (Lipinski definition) is 5. The van der Waals surface area contributed by atoms with E-state index in [-0.39, 0.29) is 25.5 Å². The third kappa shape index (κ3) is 5.33. The number of piperazine rings is 1. The molecule has 2 N–H and O–H groups in total. The maximum atomic E-state index is 12.7. The molecule has 1 saturated heterocycles. The minimum absolute atomic E-state index is 0.177. The van der Waals surface area contributed by atoms with Crippen molar-refractivity contribution in [2.45, 2.75) is 32.9 Å². The molecular formula is C19H28N4O5S. The van der Waals surface area contributed by atoms with Crippen molar-refractivity contribution in [3.63, 3.8) is 0 Å². The molecule has 1 atom stereocenters. The number of aryl methyl sites for hydroxylation is 2. The average molecular weight is 425 g/mol. The van der Waals surface area contributed by atoms with E-state index in [0.29, 0.717) is 6.54 Å². The van der Waals surface area contributed by atoms with Gasteiger partial charge in [0.1, 0.15) is 5.54 Å². The number of carbonyl (C=O) groups excluding carboxylic acids is 3. The van der Waals surface area contributed by atoms with Crippen molar-refractivity contribution < 1.29 is 22.8 Å². The predicted molar refractivity (Wildman–Crippen MR) is 108 cm³/mol. The fourth-order valence-corrected chi connectivity index (χ4v) is 3.92. The van der Waals surface area contributed by atoms with Crippen LogP contribution in [0, 0.1) is 13.8 Å². The number of hydrogen-bond donors (Lipinski definition) is 2. The van der Waals surface area contributed by atoms with Crippen LogP contribution in [0.3, 0.4) is 0 Å². The Kier molecular flexibility index (Phi) is 6.69. The fraction of sp³-hybridized carbons (Fsp3) is 0.526. The van der Waals surface area contributed by atoms with Gasteiger partial charge < -0.3 is 15.5 Å². The van der Waals surface area contributed by atoms with Crippen LogP contribution >= 0.6 is 0 Å². The number of likely N-dealkylation sites (N-methyl/N-ethyl adjacent to an activating group) is 1. The number of sulfonamides is 1. The summed E-state index contributed by atoms with van der Waals surface area (Å²) in [7, 11) is -2.19. The van der Waals surface area contributed by atoms with E-state index in [1.165, 1.54) is 18.9 Å². The molecule has 1 aliphatic rings. The smallest absolute Gasteiger partial charge is 0.247 e. The van der Waals surface area contributed by atoms with E-state index in [1.54, 1.807) is 0 Å². The Morgan fingerprint density at radius 2 is 1.86 bits per heavy atom.